The lowest BCUT2D eigenvalue weighted by molar-refractivity contribution is -0.144. The number of fused-ring (bicyclic) bond motifs is 2. The summed E-state index contributed by atoms with van der Waals surface area (Å²) in [5.41, 5.74) is 6.52. The minimum atomic E-state index is -1.09. The normalized spacial score (nSPS) is 11.7. The van der Waals surface area contributed by atoms with Crippen LogP contribution in [-0.4, -0.2) is 31.1 Å². The molecular formula is C33H37ClN2O5. The molecule has 0 fully saturated rings. The van der Waals surface area contributed by atoms with Crippen LogP contribution in [0.15, 0.2) is 59.0 Å². The van der Waals surface area contributed by atoms with Gasteiger partial charge in [0.15, 0.2) is 0 Å². The Morgan fingerprint density at radius 2 is 1.71 bits per heavy atom. The predicted molar refractivity (Wildman–Crippen MR) is 165 cm³/mol. The number of hydrogen-bond donors (Lipinski definition) is 2. The molecule has 4 rings (SSSR count). The minimum Gasteiger partial charge on any atom is -0.478 e. The van der Waals surface area contributed by atoms with E-state index in [9.17, 15) is 14.7 Å². The Hall–Kier alpha value is -4.10. The second-order valence-electron chi connectivity index (χ2n) is 10.2. The highest BCUT2D eigenvalue weighted by Gasteiger charge is 2.27. The molecule has 2 aromatic carbocycles. The van der Waals surface area contributed by atoms with Crippen molar-refractivity contribution < 1.29 is 23.8 Å². The van der Waals surface area contributed by atoms with Crippen LogP contribution in [0, 0.1) is 5.41 Å². The van der Waals surface area contributed by atoms with Crippen molar-refractivity contribution in [3.63, 3.8) is 0 Å². The molecule has 1 aliphatic carbocycles. The number of aromatic carboxylic acids is 1. The van der Waals surface area contributed by atoms with Gasteiger partial charge >= 0.3 is 11.9 Å². The molecule has 7 nitrogen and oxygen atoms in total. The van der Waals surface area contributed by atoms with Crippen molar-refractivity contribution in [1.29, 1.82) is 5.41 Å². The zero-order valence-corrected chi connectivity index (χ0v) is 25.2. The molecule has 0 aromatic heterocycles. The Balaban J connectivity index is 0.00000462. The summed E-state index contributed by atoms with van der Waals surface area (Å²) in [4.78, 5) is 27.0. The fourth-order valence-corrected chi connectivity index (χ4v) is 5.29. The average molecular weight is 577 g/mol. The maximum absolute atomic E-state index is 12.8. The Labute approximate surface area is 246 Å². The molecule has 1 aliphatic heterocycles. The highest BCUT2D eigenvalue weighted by molar-refractivity contribution is 6.08. The zero-order valence-electron chi connectivity index (χ0n) is 24.4. The van der Waals surface area contributed by atoms with Gasteiger partial charge in [0.05, 0.1) is 10.9 Å². The van der Waals surface area contributed by atoms with E-state index in [4.69, 9.17) is 14.6 Å². The highest BCUT2D eigenvalue weighted by atomic mass is 35.5. The molecule has 0 spiro atoms. The van der Waals surface area contributed by atoms with E-state index in [-0.39, 0.29) is 23.5 Å². The lowest BCUT2D eigenvalue weighted by atomic mass is 9.84. The molecule has 216 valence electrons. The topological polar surface area (TPSA) is 104 Å². The third kappa shape index (κ3) is 5.86. The molecule has 0 bridgehead atoms. The molecule has 2 aromatic rings. The Bertz CT molecular complexity index is 1670. The number of halogens is 1. The predicted octanol–water partition coefficient (Wildman–Crippen LogP) is 7.57. The minimum absolute atomic E-state index is 0. The molecule has 2 N–H and O–H groups in total. The molecule has 1 heterocycles. The molecular weight excluding hydrogens is 540 g/mol. The molecule has 1 unspecified atom stereocenters. The van der Waals surface area contributed by atoms with Gasteiger partial charge in [-0.2, -0.15) is 0 Å². The first-order chi connectivity index (χ1) is 19.0. The van der Waals surface area contributed by atoms with Gasteiger partial charge in [-0.3, -0.25) is 0 Å². The summed E-state index contributed by atoms with van der Waals surface area (Å²) < 4.78 is 12.0. The quantitative estimate of drug-likeness (QED) is 0.121. The van der Waals surface area contributed by atoms with Crippen LogP contribution in [0.3, 0.4) is 0 Å². The molecule has 0 saturated carbocycles. The number of nitrogens with zero attached hydrogens (tertiary/aromatic N) is 1. The first kappa shape index (κ1) is 31.4. The van der Waals surface area contributed by atoms with E-state index >= 15 is 0 Å². The van der Waals surface area contributed by atoms with Crippen molar-refractivity contribution in [3.8, 4) is 22.5 Å². The Morgan fingerprint density at radius 3 is 2.27 bits per heavy atom. The summed E-state index contributed by atoms with van der Waals surface area (Å²) in [7, 11) is 3.89. The fraction of sp³-hybridized carbons (Fsp3) is 0.303. The number of carbonyl (C=O) groups is 2. The summed E-state index contributed by atoms with van der Waals surface area (Å²) in [5.74, 6) is -1.06. The molecule has 0 amide bonds. The third-order valence-electron chi connectivity index (χ3n) is 7.32. The van der Waals surface area contributed by atoms with Crippen LogP contribution in [0.4, 0.5) is 5.69 Å². The second kappa shape index (κ2) is 12.6. The van der Waals surface area contributed by atoms with E-state index in [0.29, 0.717) is 47.1 Å². The number of hydrogen-bond acceptors (Lipinski definition) is 6. The van der Waals surface area contributed by atoms with Gasteiger partial charge in [0, 0.05) is 54.0 Å². The molecule has 1 atom stereocenters. The summed E-state index contributed by atoms with van der Waals surface area (Å²) in [6.07, 6.45) is 1.20. The zero-order chi connectivity index (χ0) is 29.3. The lowest BCUT2D eigenvalue weighted by Gasteiger charge is -2.23. The number of ether oxygens (including phenoxy) is 1. The van der Waals surface area contributed by atoms with Crippen molar-refractivity contribution >= 4 is 41.0 Å². The SMILES string of the molecule is C=C(C)C(=O)OC(CC)c1ccc(-c2c3c(CC)c(CC)c(=N)cc-3oc3cc(N(C)C)ccc23)c(C(=O)O)c1.Cl. The number of nitrogens with one attached hydrogen (secondary N) is 1. The van der Waals surface area contributed by atoms with Gasteiger partial charge in [-0.1, -0.05) is 39.5 Å². The number of rotatable bonds is 9. The number of carbonyl (C=O) groups excluding carboxylic acids is 1. The first-order valence-corrected chi connectivity index (χ1v) is 13.5. The van der Waals surface area contributed by atoms with Crippen LogP contribution in [0.25, 0.3) is 33.4 Å². The second-order valence-corrected chi connectivity index (χ2v) is 10.2. The smallest absolute Gasteiger partial charge is 0.336 e. The highest BCUT2D eigenvalue weighted by Crippen LogP contribution is 2.45. The third-order valence-corrected chi connectivity index (χ3v) is 7.32. The number of esters is 1. The lowest BCUT2D eigenvalue weighted by Crippen LogP contribution is -2.15. The van der Waals surface area contributed by atoms with Crippen LogP contribution in [0.5, 0.6) is 0 Å². The molecule has 8 heteroatoms. The van der Waals surface area contributed by atoms with Crippen molar-refractivity contribution in [2.75, 3.05) is 19.0 Å². The number of carboxylic acid groups (broad SMARTS) is 1. The van der Waals surface area contributed by atoms with Crippen LogP contribution >= 0.6 is 12.4 Å². The van der Waals surface area contributed by atoms with Crippen molar-refractivity contribution in [1.82, 2.24) is 0 Å². The van der Waals surface area contributed by atoms with Gasteiger partial charge in [0.1, 0.15) is 17.4 Å². The Morgan fingerprint density at radius 1 is 1.02 bits per heavy atom. The van der Waals surface area contributed by atoms with E-state index < -0.39 is 18.0 Å². The van der Waals surface area contributed by atoms with Crippen LogP contribution in [0.2, 0.25) is 0 Å². The van der Waals surface area contributed by atoms with Crippen molar-refractivity contribution in [2.45, 2.75) is 53.1 Å². The van der Waals surface area contributed by atoms with Crippen molar-refractivity contribution in [2.24, 2.45) is 0 Å². The number of anilines is 1. The fourth-order valence-electron chi connectivity index (χ4n) is 5.29. The summed E-state index contributed by atoms with van der Waals surface area (Å²) in [6.45, 7) is 11.2. The van der Waals surface area contributed by atoms with Gasteiger partial charge in [0.25, 0.3) is 0 Å². The molecule has 0 radical (unpaired) electrons. The van der Waals surface area contributed by atoms with E-state index in [0.717, 1.165) is 33.3 Å². The van der Waals surface area contributed by atoms with Crippen molar-refractivity contribution in [3.05, 3.63) is 82.2 Å². The van der Waals surface area contributed by atoms with E-state index in [1.807, 2.05) is 64.0 Å². The maximum Gasteiger partial charge on any atom is 0.336 e. The van der Waals surface area contributed by atoms with Gasteiger partial charge in [-0.05, 0) is 66.6 Å². The number of benzene rings is 3. The first-order valence-electron chi connectivity index (χ1n) is 13.5. The maximum atomic E-state index is 12.8. The molecule has 41 heavy (non-hydrogen) atoms. The van der Waals surface area contributed by atoms with Gasteiger partial charge in [-0.15, -0.1) is 12.4 Å². The summed E-state index contributed by atoms with van der Waals surface area (Å²) >= 11 is 0. The van der Waals surface area contributed by atoms with E-state index in [1.54, 1.807) is 25.1 Å². The van der Waals surface area contributed by atoms with E-state index in [1.165, 1.54) is 0 Å². The average Bonchev–Trinajstić information content (AvgIpc) is 2.93. The van der Waals surface area contributed by atoms with Crippen LogP contribution < -0.4 is 10.3 Å². The van der Waals surface area contributed by atoms with E-state index in [2.05, 4.69) is 6.58 Å². The Kier molecular flexibility index (Phi) is 9.66. The monoisotopic (exact) mass is 576 g/mol. The number of carboxylic acids is 1. The van der Waals surface area contributed by atoms with Gasteiger partial charge in [-0.25, -0.2) is 9.59 Å². The van der Waals surface area contributed by atoms with Gasteiger partial charge in [0.2, 0.25) is 0 Å². The summed E-state index contributed by atoms with van der Waals surface area (Å²) in [6, 6.07) is 12.8. The molecule has 2 aliphatic rings. The largest absolute Gasteiger partial charge is 0.478 e. The van der Waals surface area contributed by atoms with Gasteiger partial charge < -0.3 is 24.6 Å². The van der Waals surface area contributed by atoms with Crippen LogP contribution in [-0.2, 0) is 22.4 Å². The molecule has 0 saturated heterocycles. The van der Waals surface area contributed by atoms with Crippen LogP contribution in [0.1, 0.15) is 67.3 Å². The standard InChI is InChI=1S/C33H36N2O5.ClH/c1-8-21-22(9-2)31-29(17-26(21)34)39-28-16-20(35(6)7)12-14-24(28)30(31)23-13-11-19(15-25(23)32(36)37)27(10-3)40-33(38)18(4)5;/h11-17,27,34H,4,8-10H2,1-3,5-7H3,(H,36,37);1H. The summed E-state index contributed by atoms with van der Waals surface area (Å²) in [5, 5.41) is 20.3.